The molecule has 1 rings (SSSR count). The van der Waals surface area contributed by atoms with Gasteiger partial charge in [0.15, 0.2) is 6.40 Å². The predicted molar refractivity (Wildman–Crippen MR) is 42.5 cm³/mol. The van der Waals surface area contributed by atoms with Gasteiger partial charge in [0.2, 0.25) is 0 Å². The lowest BCUT2D eigenvalue weighted by molar-refractivity contribution is -0.124. The van der Waals surface area contributed by atoms with E-state index in [1.165, 1.54) is 6.40 Å². The molecule has 0 aromatic carbocycles. The van der Waals surface area contributed by atoms with Gasteiger partial charge < -0.3 is 9.57 Å². The van der Waals surface area contributed by atoms with Gasteiger partial charge in [-0.1, -0.05) is 0 Å². The summed E-state index contributed by atoms with van der Waals surface area (Å²) in [4.78, 5) is 9.12. The lowest BCUT2D eigenvalue weighted by atomic mass is 10.5. The average molecular weight is 158 g/mol. The van der Waals surface area contributed by atoms with E-state index < -0.39 is 0 Å². The normalized spacial score (nSPS) is 20.8. The molecule has 4 heteroatoms. The molecule has 11 heavy (non-hydrogen) atoms. The van der Waals surface area contributed by atoms with Crippen LogP contribution in [0.25, 0.3) is 0 Å². The summed E-state index contributed by atoms with van der Waals surface area (Å²) in [7, 11) is 0. The molecule has 0 amide bonds. The van der Waals surface area contributed by atoms with Crippen LogP contribution in [0, 0.1) is 0 Å². The van der Waals surface area contributed by atoms with Crippen molar-refractivity contribution in [3.63, 3.8) is 0 Å². The summed E-state index contributed by atoms with van der Waals surface area (Å²) in [6.07, 6.45) is 1.49. The highest BCUT2D eigenvalue weighted by Crippen LogP contribution is 1.95. The molecule has 0 aromatic heterocycles. The van der Waals surface area contributed by atoms with Crippen molar-refractivity contribution in [3.8, 4) is 0 Å². The highest BCUT2D eigenvalue weighted by atomic mass is 16.7. The van der Waals surface area contributed by atoms with E-state index in [0.717, 1.165) is 32.8 Å². The van der Waals surface area contributed by atoms with Crippen molar-refractivity contribution >= 4 is 6.40 Å². The molecular formula is C7H14N2O2. The minimum atomic E-state index is 0.750. The highest BCUT2D eigenvalue weighted by Gasteiger charge is 2.09. The van der Waals surface area contributed by atoms with E-state index in [1.807, 2.05) is 12.0 Å². The average Bonchev–Trinajstić information content (AvgIpc) is 2.07. The third-order valence-corrected chi connectivity index (χ3v) is 1.42. The van der Waals surface area contributed by atoms with Crippen LogP contribution in [0.2, 0.25) is 0 Å². The van der Waals surface area contributed by atoms with Gasteiger partial charge in [-0.2, -0.15) is 0 Å². The maximum absolute atomic E-state index is 5.18. The Balaban J connectivity index is 2.09. The Morgan fingerprint density at radius 1 is 1.55 bits per heavy atom. The molecule has 1 heterocycles. The zero-order valence-electron chi connectivity index (χ0n) is 6.82. The Bertz CT molecular complexity index is 122. The van der Waals surface area contributed by atoms with Gasteiger partial charge in [0.1, 0.15) is 0 Å². The molecule has 1 fully saturated rings. The third kappa shape index (κ3) is 3.34. The van der Waals surface area contributed by atoms with Crippen molar-refractivity contribution in [1.29, 1.82) is 0 Å². The van der Waals surface area contributed by atoms with Crippen molar-refractivity contribution < 1.29 is 9.57 Å². The second-order valence-corrected chi connectivity index (χ2v) is 2.25. The number of hydrogen-bond donors (Lipinski definition) is 0. The van der Waals surface area contributed by atoms with Crippen LogP contribution in [-0.4, -0.2) is 44.3 Å². The lowest BCUT2D eigenvalue weighted by Crippen LogP contribution is -2.35. The Morgan fingerprint density at radius 3 is 2.91 bits per heavy atom. The first-order chi connectivity index (χ1) is 5.43. The zero-order valence-corrected chi connectivity index (χ0v) is 6.82. The molecule has 1 aliphatic rings. The molecule has 0 spiro atoms. The number of hydroxylamine groups is 2. The predicted octanol–water partition coefficient (Wildman–Crippen LogP) is 0.298. The van der Waals surface area contributed by atoms with Gasteiger partial charge in [-0.3, -0.25) is 4.99 Å². The minimum absolute atomic E-state index is 0.750. The van der Waals surface area contributed by atoms with E-state index in [4.69, 9.17) is 9.57 Å². The van der Waals surface area contributed by atoms with E-state index in [-0.39, 0.29) is 0 Å². The van der Waals surface area contributed by atoms with Crippen molar-refractivity contribution in [2.75, 3.05) is 32.8 Å². The summed E-state index contributed by atoms with van der Waals surface area (Å²) in [6.45, 7) is 5.90. The molecule has 0 unspecified atom stereocenters. The van der Waals surface area contributed by atoms with E-state index in [1.54, 1.807) is 0 Å². The van der Waals surface area contributed by atoms with Crippen LogP contribution in [0.15, 0.2) is 4.99 Å². The summed E-state index contributed by atoms with van der Waals surface area (Å²) in [5.41, 5.74) is 0. The first-order valence-electron chi connectivity index (χ1n) is 3.91. The van der Waals surface area contributed by atoms with Crippen molar-refractivity contribution in [1.82, 2.24) is 5.06 Å². The van der Waals surface area contributed by atoms with Gasteiger partial charge in [0, 0.05) is 6.54 Å². The molecule has 0 bridgehead atoms. The molecule has 4 nitrogen and oxygen atoms in total. The molecular weight excluding hydrogens is 144 g/mol. The third-order valence-electron chi connectivity index (χ3n) is 1.42. The van der Waals surface area contributed by atoms with Crippen LogP contribution >= 0.6 is 0 Å². The Labute approximate surface area is 66.8 Å². The zero-order chi connectivity index (χ0) is 7.94. The molecule has 0 saturated carbocycles. The topological polar surface area (TPSA) is 34.1 Å². The monoisotopic (exact) mass is 158 g/mol. The Kier molecular flexibility index (Phi) is 3.93. The van der Waals surface area contributed by atoms with Crippen molar-refractivity contribution in [2.45, 2.75) is 6.92 Å². The maximum Gasteiger partial charge on any atom is 0.196 e. The van der Waals surface area contributed by atoms with Crippen LogP contribution < -0.4 is 0 Å². The summed E-state index contributed by atoms with van der Waals surface area (Å²) < 4.78 is 5.14. The number of hydrogen-bond acceptors (Lipinski definition) is 4. The SMILES string of the molecule is CCN=CON1CCOCC1. The smallest absolute Gasteiger partial charge is 0.196 e. The summed E-state index contributed by atoms with van der Waals surface area (Å²) in [6, 6.07) is 0. The largest absolute Gasteiger partial charge is 0.394 e. The first kappa shape index (κ1) is 8.49. The molecule has 0 atom stereocenters. The van der Waals surface area contributed by atoms with Gasteiger partial charge in [-0.15, -0.1) is 5.06 Å². The van der Waals surface area contributed by atoms with E-state index >= 15 is 0 Å². The molecule has 0 aliphatic carbocycles. The first-order valence-corrected chi connectivity index (χ1v) is 3.91. The number of aliphatic imine (C=N–C) groups is 1. The van der Waals surface area contributed by atoms with Crippen LogP contribution in [0.4, 0.5) is 0 Å². The van der Waals surface area contributed by atoms with Crippen molar-refractivity contribution in [2.24, 2.45) is 4.99 Å². The summed E-state index contributed by atoms with van der Waals surface area (Å²) in [5, 5.41) is 1.85. The second kappa shape index (κ2) is 5.09. The van der Waals surface area contributed by atoms with Gasteiger partial charge in [-0.05, 0) is 6.92 Å². The molecule has 0 radical (unpaired) electrons. The maximum atomic E-state index is 5.18. The number of morpholine rings is 1. The molecule has 0 aromatic rings. The fourth-order valence-corrected chi connectivity index (χ4v) is 0.827. The van der Waals surface area contributed by atoms with Crippen LogP contribution in [0.3, 0.4) is 0 Å². The minimum Gasteiger partial charge on any atom is -0.394 e. The lowest BCUT2D eigenvalue weighted by Gasteiger charge is -2.23. The van der Waals surface area contributed by atoms with Gasteiger partial charge in [0.25, 0.3) is 0 Å². The van der Waals surface area contributed by atoms with E-state index in [2.05, 4.69) is 4.99 Å². The quantitative estimate of drug-likeness (QED) is 0.437. The van der Waals surface area contributed by atoms with E-state index in [9.17, 15) is 0 Å². The van der Waals surface area contributed by atoms with E-state index in [0.29, 0.717) is 0 Å². The van der Waals surface area contributed by atoms with Crippen LogP contribution in [0.5, 0.6) is 0 Å². The molecule has 64 valence electrons. The van der Waals surface area contributed by atoms with Crippen molar-refractivity contribution in [3.05, 3.63) is 0 Å². The summed E-state index contributed by atoms with van der Waals surface area (Å²) >= 11 is 0. The number of ether oxygens (including phenoxy) is 1. The molecule has 1 aliphatic heterocycles. The Morgan fingerprint density at radius 2 is 2.27 bits per heavy atom. The number of rotatable bonds is 3. The van der Waals surface area contributed by atoms with Crippen LogP contribution in [-0.2, 0) is 9.57 Å². The fraction of sp³-hybridized carbons (Fsp3) is 0.857. The van der Waals surface area contributed by atoms with Crippen LogP contribution in [0.1, 0.15) is 6.92 Å². The fourth-order valence-electron chi connectivity index (χ4n) is 0.827. The van der Waals surface area contributed by atoms with Gasteiger partial charge in [0.05, 0.1) is 26.3 Å². The van der Waals surface area contributed by atoms with Gasteiger partial charge in [-0.25, -0.2) is 0 Å². The summed E-state index contributed by atoms with van der Waals surface area (Å²) in [5.74, 6) is 0. The highest BCUT2D eigenvalue weighted by molar-refractivity contribution is 5.45. The van der Waals surface area contributed by atoms with Gasteiger partial charge >= 0.3 is 0 Å². The number of nitrogens with zero attached hydrogens (tertiary/aromatic N) is 2. The molecule has 0 N–H and O–H groups in total. The second-order valence-electron chi connectivity index (χ2n) is 2.25. The Hall–Kier alpha value is -0.610. The standard InChI is InChI=1S/C7H14N2O2/c1-2-8-7-11-9-3-5-10-6-4-9/h7H,2-6H2,1H3. The molecule has 1 saturated heterocycles.